The zero-order valence-corrected chi connectivity index (χ0v) is 10.3. The van der Waals surface area contributed by atoms with Crippen LogP contribution in [0.25, 0.3) is 0 Å². The fourth-order valence-corrected chi connectivity index (χ4v) is 2.15. The van der Waals surface area contributed by atoms with E-state index >= 15 is 0 Å². The maximum atomic E-state index is 13.0. The normalized spacial score (nSPS) is 13.3. The molecule has 0 saturated carbocycles. The lowest BCUT2D eigenvalue weighted by atomic mass is 10.1. The fourth-order valence-electron chi connectivity index (χ4n) is 1.29. The molecule has 0 aromatic heterocycles. The van der Waals surface area contributed by atoms with E-state index in [1.165, 1.54) is 6.07 Å². The second kappa shape index (κ2) is 4.89. The molecule has 0 heterocycles. The summed E-state index contributed by atoms with van der Waals surface area (Å²) in [5.74, 6) is -0.140. The van der Waals surface area contributed by atoms with Gasteiger partial charge in [0.15, 0.2) is 0 Å². The first kappa shape index (κ1) is 11.7. The SMILES string of the molecule is Cc1cc(C(Br)CN(C)C)ccc1F. The number of alkyl halides is 1. The van der Waals surface area contributed by atoms with Gasteiger partial charge >= 0.3 is 0 Å². The molecule has 1 nitrogen and oxygen atoms in total. The van der Waals surface area contributed by atoms with E-state index in [0.717, 1.165) is 12.1 Å². The van der Waals surface area contributed by atoms with Gasteiger partial charge in [-0.15, -0.1) is 0 Å². The molecule has 1 rings (SSSR count). The van der Waals surface area contributed by atoms with Crippen LogP contribution < -0.4 is 0 Å². The summed E-state index contributed by atoms with van der Waals surface area (Å²) < 4.78 is 13.0. The topological polar surface area (TPSA) is 3.24 Å². The zero-order chi connectivity index (χ0) is 10.7. The van der Waals surface area contributed by atoms with Crippen molar-refractivity contribution in [2.45, 2.75) is 11.8 Å². The highest BCUT2D eigenvalue weighted by atomic mass is 79.9. The molecule has 0 fully saturated rings. The molecular weight excluding hydrogens is 245 g/mol. The average Bonchev–Trinajstić information content (AvgIpc) is 2.08. The molecule has 1 aromatic rings. The summed E-state index contributed by atoms with van der Waals surface area (Å²) in [5, 5.41) is 0. The van der Waals surface area contributed by atoms with Crippen LogP contribution in [0.2, 0.25) is 0 Å². The number of aryl methyl sites for hydroxylation is 1. The molecule has 0 bridgehead atoms. The van der Waals surface area contributed by atoms with Crippen molar-refractivity contribution >= 4 is 15.9 Å². The Bertz CT molecular complexity index is 312. The quantitative estimate of drug-likeness (QED) is 0.755. The van der Waals surface area contributed by atoms with Gasteiger partial charge in [0.25, 0.3) is 0 Å². The highest BCUT2D eigenvalue weighted by Crippen LogP contribution is 2.24. The summed E-state index contributed by atoms with van der Waals surface area (Å²) in [4.78, 5) is 2.36. The minimum Gasteiger partial charge on any atom is -0.308 e. The van der Waals surface area contributed by atoms with Crippen LogP contribution in [-0.4, -0.2) is 25.5 Å². The molecule has 0 saturated heterocycles. The van der Waals surface area contributed by atoms with Crippen molar-refractivity contribution in [3.05, 3.63) is 35.1 Å². The number of likely N-dealkylation sites (N-methyl/N-ethyl adjacent to an activating group) is 1. The van der Waals surface area contributed by atoms with Crippen molar-refractivity contribution in [3.8, 4) is 0 Å². The van der Waals surface area contributed by atoms with Crippen molar-refractivity contribution in [2.75, 3.05) is 20.6 Å². The van der Waals surface area contributed by atoms with Gasteiger partial charge in [0.1, 0.15) is 5.82 Å². The van der Waals surface area contributed by atoms with Crippen LogP contribution in [0, 0.1) is 12.7 Å². The van der Waals surface area contributed by atoms with Crippen LogP contribution in [0.5, 0.6) is 0 Å². The van der Waals surface area contributed by atoms with Gasteiger partial charge in [0.05, 0.1) is 4.83 Å². The highest BCUT2D eigenvalue weighted by molar-refractivity contribution is 9.09. The van der Waals surface area contributed by atoms with E-state index in [0.29, 0.717) is 5.56 Å². The molecule has 0 spiro atoms. The van der Waals surface area contributed by atoms with E-state index in [1.807, 2.05) is 26.2 Å². The Morgan fingerprint density at radius 2 is 2.07 bits per heavy atom. The first-order chi connectivity index (χ1) is 6.50. The summed E-state index contributed by atoms with van der Waals surface area (Å²) in [6.45, 7) is 2.69. The number of benzene rings is 1. The Hall–Kier alpha value is -0.410. The molecule has 0 amide bonds. The van der Waals surface area contributed by atoms with Crippen LogP contribution in [0.3, 0.4) is 0 Å². The number of nitrogens with zero attached hydrogens (tertiary/aromatic N) is 1. The van der Waals surface area contributed by atoms with Gasteiger partial charge in [-0.05, 0) is 38.2 Å². The lowest BCUT2D eigenvalue weighted by Crippen LogP contribution is -2.17. The molecule has 0 aliphatic rings. The number of halogens is 2. The van der Waals surface area contributed by atoms with Gasteiger partial charge in [0.2, 0.25) is 0 Å². The second-order valence-electron chi connectivity index (χ2n) is 3.74. The Kier molecular flexibility index (Phi) is 4.08. The third-order valence-corrected chi connectivity index (χ3v) is 2.89. The summed E-state index contributed by atoms with van der Waals surface area (Å²) in [5.41, 5.74) is 1.82. The predicted octanol–water partition coefficient (Wildman–Crippen LogP) is 3.13. The Labute approximate surface area is 93.0 Å². The number of hydrogen-bond donors (Lipinski definition) is 0. The predicted molar refractivity (Wildman–Crippen MR) is 61.4 cm³/mol. The maximum Gasteiger partial charge on any atom is 0.126 e. The molecular formula is C11H15BrFN. The van der Waals surface area contributed by atoms with Crippen molar-refractivity contribution in [3.63, 3.8) is 0 Å². The van der Waals surface area contributed by atoms with Gasteiger partial charge in [-0.3, -0.25) is 0 Å². The fraction of sp³-hybridized carbons (Fsp3) is 0.455. The average molecular weight is 260 g/mol. The minimum atomic E-state index is -0.140. The molecule has 3 heteroatoms. The van der Waals surface area contributed by atoms with Crippen LogP contribution in [0.1, 0.15) is 16.0 Å². The number of rotatable bonds is 3. The van der Waals surface area contributed by atoms with Crippen molar-refractivity contribution in [1.29, 1.82) is 0 Å². The first-order valence-electron chi connectivity index (χ1n) is 4.55. The molecule has 1 unspecified atom stereocenters. The molecule has 0 N–H and O–H groups in total. The van der Waals surface area contributed by atoms with Crippen molar-refractivity contribution in [2.24, 2.45) is 0 Å². The lowest BCUT2D eigenvalue weighted by molar-refractivity contribution is 0.412. The van der Waals surface area contributed by atoms with Gasteiger partial charge in [0, 0.05) is 6.54 Å². The Morgan fingerprint density at radius 3 is 2.57 bits per heavy atom. The third-order valence-electron chi connectivity index (χ3n) is 2.07. The third kappa shape index (κ3) is 3.07. The van der Waals surface area contributed by atoms with E-state index in [4.69, 9.17) is 0 Å². The summed E-state index contributed by atoms with van der Waals surface area (Å²) in [6, 6.07) is 5.23. The van der Waals surface area contributed by atoms with Gasteiger partial charge in [-0.2, -0.15) is 0 Å². The monoisotopic (exact) mass is 259 g/mol. The van der Waals surface area contributed by atoms with E-state index < -0.39 is 0 Å². The van der Waals surface area contributed by atoms with Gasteiger partial charge in [-0.25, -0.2) is 4.39 Å². The maximum absolute atomic E-state index is 13.0. The highest BCUT2D eigenvalue weighted by Gasteiger charge is 2.09. The van der Waals surface area contributed by atoms with Crippen LogP contribution >= 0.6 is 15.9 Å². The van der Waals surface area contributed by atoms with Crippen LogP contribution in [0.4, 0.5) is 4.39 Å². The van der Waals surface area contributed by atoms with E-state index in [2.05, 4.69) is 20.8 Å². The van der Waals surface area contributed by atoms with E-state index in [1.54, 1.807) is 6.92 Å². The van der Waals surface area contributed by atoms with Crippen LogP contribution in [0.15, 0.2) is 18.2 Å². The largest absolute Gasteiger partial charge is 0.308 e. The minimum absolute atomic E-state index is 0.140. The smallest absolute Gasteiger partial charge is 0.126 e. The van der Waals surface area contributed by atoms with Gasteiger partial charge in [-0.1, -0.05) is 28.1 Å². The molecule has 0 radical (unpaired) electrons. The molecule has 0 aliphatic heterocycles. The first-order valence-corrected chi connectivity index (χ1v) is 5.47. The van der Waals surface area contributed by atoms with E-state index in [-0.39, 0.29) is 10.6 Å². The van der Waals surface area contributed by atoms with E-state index in [9.17, 15) is 4.39 Å². The number of hydrogen-bond acceptors (Lipinski definition) is 1. The van der Waals surface area contributed by atoms with Crippen molar-refractivity contribution < 1.29 is 4.39 Å². The lowest BCUT2D eigenvalue weighted by Gasteiger charge is -2.16. The molecule has 0 aliphatic carbocycles. The molecule has 78 valence electrons. The molecule has 1 atom stereocenters. The standard InChI is InChI=1S/C11H15BrFN/c1-8-6-9(4-5-11(8)13)10(12)7-14(2)3/h4-6,10H,7H2,1-3H3. The molecule has 1 aromatic carbocycles. The second-order valence-corrected chi connectivity index (χ2v) is 4.84. The van der Waals surface area contributed by atoms with Crippen molar-refractivity contribution in [1.82, 2.24) is 4.90 Å². The van der Waals surface area contributed by atoms with Crippen LogP contribution in [-0.2, 0) is 0 Å². The zero-order valence-electron chi connectivity index (χ0n) is 8.72. The summed E-state index contributed by atoms with van der Waals surface area (Å²) >= 11 is 3.58. The summed E-state index contributed by atoms with van der Waals surface area (Å²) in [6.07, 6.45) is 0. The van der Waals surface area contributed by atoms with Gasteiger partial charge < -0.3 is 4.90 Å². The Morgan fingerprint density at radius 1 is 1.43 bits per heavy atom. The Balaban J connectivity index is 2.80. The summed E-state index contributed by atoms with van der Waals surface area (Å²) in [7, 11) is 4.04. The molecule has 14 heavy (non-hydrogen) atoms.